The Morgan fingerprint density at radius 3 is 2.62 bits per heavy atom. The van der Waals surface area contributed by atoms with E-state index in [0.29, 0.717) is 22.6 Å². The van der Waals surface area contributed by atoms with Crippen LogP contribution in [0, 0.1) is 0 Å². The molecule has 0 saturated carbocycles. The van der Waals surface area contributed by atoms with Gasteiger partial charge < -0.3 is 0 Å². The van der Waals surface area contributed by atoms with Crippen LogP contribution in [0.1, 0.15) is 5.69 Å². The number of rotatable bonds is 3. The molecule has 0 atom stereocenters. The Morgan fingerprint density at radius 2 is 1.88 bits per heavy atom. The molecule has 0 bridgehead atoms. The molecule has 0 unspecified atom stereocenters. The van der Waals surface area contributed by atoms with Crippen molar-refractivity contribution in [3.05, 3.63) is 82.3 Å². The van der Waals surface area contributed by atoms with E-state index in [4.69, 9.17) is 11.6 Å². The monoisotopic (exact) mass is 337 g/mol. The molecule has 0 aliphatic carbocycles. The predicted octanol–water partition coefficient (Wildman–Crippen LogP) is 2.68. The number of nitrogens with zero attached hydrogens (tertiary/aromatic N) is 5. The highest BCUT2D eigenvalue weighted by Crippen LogP contribution is 2.16. The summed E-state index contributed by atoms with van der Waals surface area (Å²) in [5.74, 6) is 0. The van der Waals surface area contributed by atoms with Crippen LogP contribution in [0.5, 0.6) is 0 Å². The lowest BCUT2D eigenvalue weighted by atomic mass is 10.3. The minimum Gasteiger partial charge on any atom is -0.292 e. The lowest BCUT2D eigenvalue weighted by Gasteiger charge is -2.06. The first-order valence-corrected chi connectivity index (χ1v) is 7.69. The Bertz CT molecular complexity index is 1050. The number of halogens is 1. The van der Waals surface area contributed by atoms with Crippen molar-refractivity contribution in [3.63, 3.8) is 0 Å². The molecule has 0 amide bonds. The van der Waals surface area contributed by atoms with Gasteiger partial charge in [-0.3, -0.25) is 14.3 Å². The Labute approximate surface area is 142 Å². The molecule has 3 aromatic heterocycles. The third-order valence-electron chi connectivity index (χ3n) is 3.68. The van der Waals surface area contributed by atoms with Crippen LogP contribution < -0.4 is 5.56 Å². The third kappa shape index (κ3) is 2.57. The molecule has 0 aliphatic rings. The number of pyridine rings is 1. The fourth-order valence-corrected chi connectivity index (χ4v) is 2.62. The van der Waals surface area contributed by atoms with Crippen LogP contribution in [0.4, 0.5) is 0 Å². The summed E-state index contributed by atoms with van der Waals surface area (Å²) in [6.07, 6.45) is 4.76. The summed E-state index contributed by atoms with van der Waals surface area (Å²) >= 11 is 5.91. The average molecular weight is 338 g/mol. The van der Waals surface area contributed by atoms with Crippen molar-refractivity contribution < 1.29 is 0 Å². The maximum atomic E-state index is 12.7. The van der Waals surface area contributed by atoms with Gasteiger partial charge in [0.2, 0.25) is 0 Å². The standard InChI is InChI=1S/C17H12ClN5O/c18-12-4-6-14(7-5-12)23-16-15(9-21-23)17(24)22(11-20-16)10-13-3-1-2-8-19-13/h1-9,11H,10H2. The smallest absolute Gasteiger partial charge is 0.264 e. The number of hydrogen-bond acceptors (Lipinski definition) is 4. The van der Waals surface area contributed by atoms with Crippen LogP contribution in [0.15, 0.2) is 66.0 Å². The molecule has 0 saturated heterocycles. The van der Waals surface area contributed by atoms with Crippen molar-refractivity contribution in [2.45, 2.75) is 6.54 Å². The summed E-state index contributed by atoms with van der Waals surface area (Å²) in [6, 6.07) is 12.8. The van der Waals surface area contributed by atoms with E-state index in [9.17, 15) is 4.79 Å². The summed E-state index contributed by atoms with van der Waals surface area (Å²) in [5.41, 5.74) is 1.96. The highest BCUT2D eigenvalue weighted by molar-refractivity contribution is 6.30. The molecule has 3 heterocycles. The zero-order valence-corrected chi connectivity index (χ0v) is 13.3. The second-order valence-corrected chi connectivity index (χ2v) is 5.71. The van der Waals surface area contributed by atoms with Crippen LogP contribution in [-0.4, -0.2) is 24.3 Å². The first-order valence-electron chi connectivity index (χ1n) is 7.31. The van der Waals surface area contributed by atoms with Gasteiger partial charge >= 0.3 is 0 Å². The fraction of sp³-hybridized carbons (Fsp3) is 0.0588. The quantitative estimate of drug-likeness (QED) is 0.576. The number of hydrogen-bond donors (Lipinski definition) is 0. The normalized spacial score (nSPS) is 11.0. The Hall–Kier alpha value is -2.99. The summed E-state index contributed by atoms with van der Waals surface area (Å²) in [7, 11) is 0. The molecular formula is C17H12ClN5O. The van der Waals surface area contributed by atoms with Gasteiger partial charge in [0, 0.05) is 11.2 Å². The maximum absolute atomic E-state index is 12.7. The van der Waals surface area contributed by atoms with Crippen molar-refractivity contribution in [3.8, 4) is 5.69 Å². The van der Waals surface area contributed by atoms with Crippen molar-refractivity contribution >= 4 is 22.6 Å². The first-order chi connectivity index (χ1) is 11.7. The fourth-order valence-electron chi connectivity index (χ4n) is 2.50. The molecule has 4 aromatic rings. The molecule has 7 heteroatoms. The second kappa shape index (κ2) is 5.90. The molecule has 0 N–H and O–H groups in total. The Morgan fingerprint density at radius 1 is 1.04 bits per heavy atom. The molecule has 0 spiro atoms. The number of benzene rings is 1. The lowest BCUT2D eigenvalue weighted by Crippen LogP contribution is -2.21. The summed E-state index contributed by atoms with van der Waals surface area (Å²) in [5, 5.41) is 5.39. The van der Waals surface area contributed by atoms with Crippen LogP contribution in [0.2, 0.25) is 5.02 Å². The SMILES string of the molecule is O=c1c2cnn(-c3ccc(Cl)cc3)c2ncn1Cc1ccccn1. The van der Waals surface area contributed by atoms with Crippen LogP contribution in [-0.2, 0) is 6.54 Å². The van der Waals surface area contributed by atoms with Crippen LogP contribution in [0.3, 0.4) is 0 Å². The lowest BCUT2D eigenvalue weighted by molar-refractivity contribution is 0.727. The molecule has 6 nitrogen and oxygen atoms in total. The van der Waals surface area contributed by atoms with Gasteiger partial charge in [0.1, 0.15) is 11.7 Å². The summed E-state index contributed by atoms with van der Waals surface area (Å²) < 4.78 is 3.15. The van der Waals surface area contributed by atoms with Crippen LogP contribution >= 0.6 is 11.6 Å². The van der Waals surface area contributed by atoms with Gasteiger partial charge in [-0.25, -0.2) is 9.67 Å². The first kappa shape index (κ1) is 14.6. The second-order valence-electron chi connectivity index (χ2n) is 5.27. The van der Waals surface area contributed by atoms with E-state index >= 15 is 0 Å². The minimum absolute atomic E-state index is 0.147. The zero-order valence-electron chi connectivity index (χ0n) is 12.5. The van der Waals surface area contributed by atoms with E-state index < -0.39 is 0 Å². The van der Waals surface area contributed by atoms with Gasteiger partial charge in [-0.05, 0) is 36.4 Å². The van der Waals surface area contributed by atoms with Gasteiger partial charge in [-0.15, -0.1) is 0 Å². The number of fused-ring (bicyclic) bond motifs is 1. The molecule has 0 aliphatic heterocycles. The number of aromatic nitrogens is 5. The van der Waals surface area contributed by atoms with Crippen molar-refractivity contribution in [2.24, 2.45) is 0 Å². The molecule has 1 aromatic carbocycles. The van der Waals surface area contributed by atoms with Crippen molar-refractivity contribution in [2.75, 3.05) is 0 Å². The van der Waals surface area contributed by atoms with Crippen molar-refractivity contribution in [1.82, 2.24) is 24.3 Å². The van der Waals surface area contributed by atoms with Gasteiger partial charge in [0.05, 0.1) is 24.1 Å². The van der Waals surface area contributed by atoms with Gasteiger partial charge in [0.25, 0.3) is 5.56 Å². The summed E-state index contributed by atoms with van der Waals surface area (Å²) in [6.45, 7) is 0.370. The van der Waals surface area contributed by atoms with Gasteiger partial charge in [0.15, 0.2) is 5.65 Å². The van der Waals surface area contributed by atoms with E-state index in [2.05, 4.69) is 15.1 Å². The molecule has 0 fully saturated rings. The van der Waals surface area contributed by atoms with Crippen LogP contribution in [0.25, 0.3) is 16.7 Å². The maximum Gasteiger partial charge on any atom is 0.264 e. The van der Waals surface area contributed by atoms with Gasteiger partial charge in [-0.2, -0.15) is 5.10 Å². The zero-order chi connectivity index (χ0) is 16.5. The van der Waals surface area contributed by atoms with Crippen molar-refractivity contribution in [1.29, 1.82) is 0 Å². The molecule has 24 heavy (non-hydrogen) atoms. The Kier molecular flexibility index (Phi) is 3.59. The van der Waals surface area contributed by atoms with E-state index in [1.807, 2.05) is 30.3 Å². The van der Waals surface area contributed by atoms with E-state index in [1.165, 1.54) is 17.1 Å². The van der Waals surface area contributed by atoms with Gasteiger partial charge in [-0.1, -0.05) is 17.7 Å². The van der Waals surface area contributed by atoms with E-state index in [1.54, 1.807) is 23.0 Å². The summed E-state index contributed by atoms with van der Waals surface area (Å²) in [4.78, 5) is 21.3. The van der Waals surface area contributed by atoms with E-state index in [-0.39, 0.29) is 5.56 Å². The molecule has 0 radical (unpaired) electrons. The third-order valence-corrected chi connectivity index (χ3v) is 3.94. The van der Waals surface area contributed by atoms with E-state index in [0.717, 1.165) is 11.4 Å². The highest BCUT2D eigenvalue weighted by Gasteiger charge is 2.11. The minimum atomic E-state index is -0.147. The average Bonchev–Trinajstić information content (AvgIpc) is 3.04. The Balaban J connectivity index is 1.78. The highest BCUT2D eigenvalue weighted by atomic mass is 35.5. The topological polar surface area (TPSA) is 65.6 Å². The molecular weight excluding hydrogens is 326 g/mol. The largest absolute Gasteiger partial charge is 0.292 e. The molecule has 118 valence electrons. The predicted molar refractivity (Wildman–Crippen MR) is 91.5 cm³/mol. The molecule has 4 rings (SSSR count).